The summed E-state index contributed by atoms with van der Waals surface area (Å²) < 4.78 is 0. The van der Waals surface area contributed by atoms with Crippen LogP contribution in [0.5, 0.6) is 0 Å². The van der Waals surface area contributed by atoms with Gasteiger partial charge in [0.1, 0.15) is 0 Å². The fourth-order valence-corrected chi connectivity index (χ4v) is 5.10. The minimum absolute atomic E-state index is 0.0450. The lowest BCUT2D eigenvalue weighted by molar-refractivity contribution is -0.135. The highest BCUT2D eigenvalue weighted by atomic mass is 35.5. The molecule has 0 saturated carbocycles. The Morgan fingerprint density at radius 2 is 1.40 bits per heavy atom. The summed E-state index contributed by atoms with van der Waals surface area (Å²) in [5.41, 5.74) is 5.68. The molecule has 0 spiro atoms. The van der Waals surface area contributed by atoms with Crippen LogP contribution in [0.3, 0.4) is 0 Å². The van der Waals surface area contributed by atoms with Gasteiger partial charge in [0.15, 0.2) is 0 Å². The topological polar surface area (TPSA) is 23.6 Å². The van der Waals surface area contributed by atoms with Crippen LogP contribution in [0.25, 0.3) is 11.1 Å². The summed E-state index contributed by atoms with van der Waals surface area (Å²) in [6.45, 7) is 3.25. The molecule has 1 saturated heterocycles. The first-order valence-electron chi connectivity index (χ1n) is 12.1. The molecule has 1 atom stereocenters. The number of hydrogen-bond donors (Lipinski definition) is 0. The summed E-state index contributed by atoms with van der Waals surface area (Å²) >= 11 is 6.38. The van der Waals surface area contributed by atoms with Crippen LogP contribution in [-0.2, 0) is 17.8 Å². The predicted molar refractivity (Wildman–Crippen MR) is 143 cm³/mol. The number of amides is 1. The number of hydrogen-bond acceptors (Lipinski definition) is 2. The number of carbonyl (C=O) groups excluding carboxylic acids is 1. The molecule has 176 valence electrons. The molecule has 1 fully saturated rings. The Kier molecular flexibility index (Phi) is 7.27. The quantitative estimate of drug-likeness (QED) is 0.309. The third-order valence-electron chi connectivity index (χ3n) is 6.71. The molecular weight excluding hydrogens is 452 g/mol. The fourth-order valence-electron chi connectivity index (χ4n) is 4.86. The van der Waals surface area contributed by atoms with Crippen molar-refractivity contribution in [3.63, 3.8) is 0 Å². The third kappa shape index (κ3) is 5.64. The molecule has 0 radical (unpaired) electrons. The molecule has 1 heterocycles. The second-order valence-electron chi connectivity index (χ2n) is 9.09. The molecule has 1 unspecified atom stereocenters. The van der Waals surface area contributed by atoms with E-state index >= 15 is 0 Å². The molecule has 0 aromatic heterocycles. The second kappa shape index (κ2) is 10.9. The Morgan fingerprint density at radius 3 is 2.11 bits per heavy atom. The largest absolute Gasteiger partial charge is 0.333 e. The van der Waals surface area contributed by atoms with E-state index < -0.39 is 0 Å². The highest BCUT2D eigenvalue weighted by Gasteiger charge is 2.31. The molecule has 0 N–H and O–H groups in total. The fraction of sp³-hybridized carbons (Fsp3) is 0.194. The highest BCUT2D eigenvalue weighted by molar-refractivity contribution is 6.33. The minimum atomic E-state index is 0.0450. The monoisotopic (exact) mass is 480 g/mol. The molecule has 4 aromatic rings. The van der Waals surface area contributed by atoms with Crippen LogP contribution in [0, 0.1) is 0 Å². The van der Waals surface area contributed by atoms with Gasteiger partial charge in [-0.3, -0.25) is 9.69 Å². The van der Waals surface area contributed by atoms with E-state index in [-0.39, 0.29) is 11.9 Å². The molecule has 35 heavy (non-hydrogen) atoms. The number of carbonyl (C=O) groups is 1. The van der Waals surface area contributed by atoms with Gasteiger partial charge in [0, 0.05) is 36.8 Å². The van der Waals surface area contributed by atoms with Gasteiger partial charge in [-0.1, -0.05) is 115 Å². The average molecular weight is 481 g/mol. The Hall–Kier alpha value is -3.40. The van der Waals surface area contributed by atoms with Gasteiger partial charge in [-0.05, 0) is 28.3 Å². The van der Waals surface area contributed by atoms with Gasteiger partial charge >= 0.3 is 0 Å². The molecule has 0 bridgehead atoms. The van der Waals surface area contributed by atoms with E-state index in [0.29, 0.717) is 6.42 Å². The maximum Gasteiger partial charge on any atom is 0.227 e. The molecule has 1 amide bonds. The van der Waals surface area contributed by atoms with E-state index in [4.69, 9.17) is 11.6 Å². The lowest BCUT2D eigenvalue weighted by Crippen LogP contribution is -2.50. The van der Waals surface area contributed by atoms with Crippen LogP contribution < -0.4 is 0 Å². The first-order valence-corrected chi connectivity index (χ1v) is 12.5. The van der Waals surface area contributed by atoms with Crippen LogP contribution in [-0.4, -0.2) is 35.3 Å². The zero-order valence-corrected chi connectivity index (χ0v) is 20.4. The van der Waals surface area contributed by atoms with E-state index in [0.717, 1.165) is 47.9 Å². The Labute approximate surface area is 212 Å². The maximum atomic E-state index is 13.3. The van der Waals surface area contributed by atoms with Crippen molar-refractivity contribution in [1.29, 1.82) is 0 Å². The summed E-state index contributed by atoms with van der Waals surface area (Å²) in [6, 6.07) is 37.1. The standard InChI is InChI=1S/C31H29ClN2O/c32-29-14-8-7-13-28(29)26-17-15-25(16-18-26)22-33-19-20-34(30(23-33)27-11-5-2-6-12-27)31(35)21-24-9-3-1-4-10-24/h1-18,30H,19-23H2. The Morgan fingerprint density at radius 1 is 0.743 bits per heavy atom. The van der Waals surface area contributed by atoms with Crippen LogP contribution in [0.2, 0.25) is 5.02 Å². The molecule has 4 aromatic carbocycles. The summed E-state index contributed by atoms with van der Waals surface area (Å²) in [5, 5.41) is 0.766. The van der Waals surface area contributed by atoms with Crippen molar-refractivity contribution in [3.8, 4) is 11.1 Å². The maximum absolute atomic E-state index is 13.3. The van der Waals surface area contributed by atoms with E-state index in [1.807, 2.05) is 60.7 Å². The molecule has 1 aliphatic heterocycles. The first kappa shape index (κ1) is 23.3. The van der Waals surface area contributed by atoms with Crippen LogP contribution in [0.1, 0.15) is 22.7 Å². The summed E-state index contributed by atoms with van der Waals surface area (Å²) in [6.07, 6.45) is 0.438. The van der Waals surface area contributed by atoms with Gasteiger partial charge in [0.05, 0.1) is 12.5 Å². The van der Waals surface area contributed by atoms with Crippen molar-refractivity contribution < 1.29 is 4.79 Å². The van der Waals surface area contributed by atoms with Crippen molar-refractivity contribution in [1.82, 2.24) is 9.80 Å². The third-order valence-corrected chi connectivity index (χ3v) is 7.04. The first-order chi connectivity index (χ1) is 17.2. The summed E-state index contributed by atoms with van der Waals surface area (Å²) in [5.74, 6) is 0.189. The van der Waals surface area contributed by atoms with E-state index in [2.05, 4.69) is 58.3 Å². The average Bonchev–Trinajstić information content (AvgIpc) is 2.90. The number of rotatable bonds is 6. The molecule has 0 aliphatic carbocycles. The Balaban J connectivity index is 1.30. The van der Waals surface area contributed by atoms with Gasteiger partial charge < -0.3 is 4.90 Å². The van der Waals surface area contributed by atoms with Crippen LogP contribution >= 0.6 is 11.6 Å². The predicted octanol–water partition coefficient (Wildman–Crippen LogP) is 6.64. The van der Waals surface area contributed by atoms with E-state index in [1.54, 1.807) is 0 Å². The van der Waals surface area contributed by atoms with Crippen molar-refractivity contribution in [2.45, 2.75) is 19.0 Å². The molecule has 1 aliphatic rings. The van der Waals surface area contributed by atoms with Gasteiger partial charge in [0.2, 0.25) is 5.91 Å². The molecule has 5 rings (SSSR count). The number of piperazine rings is 1. The van der Waals surface area contributed by atoms with Crippen LogP contribution in [0.15, 0.2) is 109 Å². The zero-order chi connectivity index (χ0) is 24.0. The Bertz CT molecular complexity index is 1260. The number of benzene rings is 4. The zero-order valence-electron chi connectivity index (χ0n) is 19.7. The summed E-state index contributed by atoms with van der Waals surface area (Å²) in [4.78, 5) is 17.8. The SMILES string of the molecule is O=C(Cc1ccccc1)N1CCN(Cc2ccc(-c3ccccc3Cl)cc2)CC1c1ccccc1. The van der Waals surface area contributed by atoms with Gasteiger partial charge in [-0.15, -0.1) is 0 Å². The molecule has 3 nitrogen and oxygen atoms in total. The lowest BCUT2D eigenvalue weighted by Gasteiger charge is -2.42. The normalized spacial score (nSPS) is 16.3. The van der Waals surface area contributed by atoms with Crippen LogP contribution in [0.4, 0.5) is 0 Å². The van der Waals surface area contributed by atoms with Gasteiger partial charge in [-0.2, -0.15) is 0 Å². The van der Waals surface area contributed by atoms with Gasteiger partial charge in [-0.25, -0.2) is 0 Å². The lowest BCUT2D eigenvalue weighted by atomic mass is 10.00. The van der Waals surface area contributed by atoms with Crippen molar-refractivity contribution >= 4 is 17.5 Å². The van der Waals surface area contributed by atoms with E-state index in [9.17, 15) is 4.79 Å². The smallest absolute Gasteiger partial charge is 0.227 e. The van der Waals surface area contributed by atoms with Crippen molar-refractivity contribution in [2.75, 3.05) is 19.6 Å². The number of nitrogens with zero attached hydrogens (tertiary/aromatic N) is 2. The van der Waals surface area contributed by atoms with Crippen molar-refractivity contribution in [2.24, 2.45) is 0 Å². The summed E-state index contributed by atoms with van der Waals surface area (Å²) in [7, 11) is 0. The molecular formula is C31H29ClN2O. The van der Waals surface area contributed by atoms with Crippen molar-refractivity contribution in [3.05, 3.63) is 131 Å². The number of halogens is 1. The molecule has 4 heteroatoms. The minimum Gasteiger partial charge on any atom is -0.333 e. The van der Waals surface area contributed by atoms with E-state index in [1.165, 1.54) is 11.1 Å². The second-order valence-corrected chi connectivity index (χ2v) is 9.50. The highest BCUT2D eigenvalue weighted by Crippen LogP contribution is 2.29. The van der Waals surface area contributed by atoms with Gasteiger partial charge in [0.25, 0.3) is 0 Å².